The molecule has 0 bridgehead atoms. The summed E-state index contributed by atoms with van der Waals surface area (Å²) in [6, 6.07) is 0. The lowest BCUT2D eigenvalue weighted by Gasteiger charge is -2.13. The first-order chi connectivity index (χ1) is 4.70. The molecule has 0 aromatic heterocycles. The molecule has 58 valence electrons. The third-order valence-electron chi connectivity index (χ3n) is 2.64. The maximum Gasteiger partial charge on any atom is 0.133 e. The van der Waals surface area contributed by atoms with Crippen LogP contribution in [-0.2, 0) is 4.79 Å². The molecule has 0 radical (unpaired) electrons. The van der Waals surface area contributed by atoms with Gasteiger partial charge in [-0.25, -0.2) is 0 Å². The van der Waals surface area contributed by atoms with E-state index >= 15 is 0 Å². The zero-order valence-electron chi connectivity index (χ0n) is 6.89. The summed E-state index contributed by atoms with van der Waals surface area (Å²) < 4.78 is 0. The van der Waals surface area contributed by atoms with E-state index in [1.807, 2.05) is 0 Å². The first-order valence-electron chi connectivity index (χ1n) is 4.22. The fourth-order valence-electron chi connectivity index (χ4n) is 1.57. The normalized spacial score (nSPS) is 35.6. The minimum absolute atomic E-state index is 0.469. The predicted molar refractivity (Wildman–Crippen MR) is 41.8 cm³/mol. The van der Waals surface area contributed by atoms with Crippen LogP contribution in [0.4, 0.5) is 0 Å². The Bertz CT molecular complexity index is 129. The van der Waals surface area contributed by atoms with Crippen LogP contribution in [0.15, 0.2) is 0 Å². The molecule has 2 atom stereocenters. The van der Waals surface area contributed by atoms with Crippen LogP contribution in [-0.4, -0.2) is 5.78 Å². The topological polar surface area (TPSA) is 17.1 Å². The van der Waals surface area contributed by atoms with E-state index in [4.69, 9.17) is 0 Å². The Morgan fingerprint density at radius 3 is 2.70 bits per heavy atom. The number of Topliss-reactive ketones (excluding diaryl/α,β-unsaturated/α-hetero) is 1. The molecule has 0 aromatic rings. The number of carbonyl (C=O) groups excluding carboxylic acids is 1. The van der Waals surface area contributed by atoms with E-state index < -0.39 is 0 Å². The third-order valence-corrected chi connectivity index (χ3v) is 2.64. The second-order valence-corrected chi connectivity index (χ2v) is 3.59. The van der Waals surface area contributed by atoms with E-state index in [2.05, 4.69) is 13.8 Å². The number of ketones is 1. The molecule has 0 spiro atoms. The summed E-state index contributed by atoms with van der Waals surface area (Å²) in [5.41, 5.74) is 0. The fourth-order valence-corrected chi connectivity index (χ4v) is 1.57. The summed E-state index contributed by atoms with van der Waals surface area (Å²) in [7, 11) is 0. The van der Waals surface area contributed by atoms with Crippen molar-refractivity contribution < 1.29 is 4.79 Å². The highest BCUT2D eigenvalue weighted by atomic mass is 16.1. The maximum atomic E-state index is 11.0. The molecule has 1 nitrogen and oxygen atoms in total. The van der Waals surface area contributed by atoms with Crippen LogP contribution in [0.1, 0.15) is 39.5 Å². The van der Waals surface area contributed by atoms with Crippen LogP contribution in [0.5, 0.6) is 0 Å². The average Bonchev–Trinajstić information content (AvgIpc) is 1.96. The van der Waals surface area contributed by atoms with Crippen molar-refractivity contribution >= 4 is 5.78 Å². The highest BCUT2D eigenvalue weighted by molar-refractivity contribution is 5.78. The number of rotatable bonds is 0. The molecule has 0 saturated heterocycles. The van der Waals surface area contributed by atoms with E-state index in [9.17, 15) is 4.79 Å². The molecule has 1 saturated carbocycles. The molecule has 0 heterocycles. The Balaban J connectivity index is 2.49. The Kier molecular flexibility index (Phi) is 2.47. The van der Waals surface area contributed by atoms with E-state index in [0.29, 0.717) is 11.7 Å². The van der Waals surface area contributed by atoms with Crippen LogP contribution < -0.4 is 0 Å². The largest absolute Gasteiger partial charge is 0.300 e. The van der Waals surface area contributed by atoms with Crippen LogP contribution >= 0.6 is 0 Å². The Labute approximate surface area is 62.8 Å². The molecule has 1 rings (SSSR count). The molecular formula is C9H16O. The molecular weight excluding hydrogens is 124 g/mol. The van der Waals surface area contributed by atoms with Gasteiger partial charge in [0.2, 0.25) is 0 Å². The van der Waals surface area contributed by atoms with Crippen molar-refractivity contribution in [2.45, 2.75) is 39.5 Å². The van der Waals surface area contributed by atoms with E-state index in [0.717, 1.165) is 25.2 Å². The molecule has 0 aromatic carbocycles. The van der Waals surface area contributed by atoms with Crippen LogP contribution in [0, 0.1) is 11.8 Å². The maximum absolute atomic E-state index is 11.0. The number of hydrogen-bond donors (Lipinski definition) is 0. The lowest BCUT2D eigenvalue weighted by Crippen LogP contribution is -2.07. The summed E-state index contributed by atoms with van der Waals surface area (Å²) in [4.78, 5) is 11.0. The average molecular weight is 140 g/mol. The summed E-state index contributed by atoms with van der Waals surface area (Å²) in [5, 5.41) is 0. The first kappa shape index (κ1) is 7.77. The van der Waals surface area contributed by atoms with Crippen molar-refractivity contribution in [1.29, 1.82) is 0 Å². The second kappa shape index (κ2) is 3.18. The van der Waals surface area contributed by atoms with Gasteiger partial charge in [0.15, 0.2) is 0 Å². The standard InChI is InChI=1S/C9H16O/c1-7-4-3-5-9(10)6-8(7)2/h7-8H,3-6H2,1-2H3/t7-,8-/m1/s1. The molecule has 1 heteroatoms. The minimum atomic E-state index is 0.469. The van der Waals surface area contributed by atoms with Crippen molar-refractivity contribution in [3.05, 3.63) is 0 Å². The molecule has 1 aliphatic carbocycles. The number of carbonyl (C=O) groups is 1. The molecule has 0 amide bonds. The van der Waals surface area contributed by atoms with Crippen molar-refractivity contribution in [3.8, 4) is 0 Å². The van der Waals surface area contributed by atoms with Crippen molar-refractivity contribution in [1.82, 2.24) is 0 Å². The van der Waals surface area contributed by atoms with Crippen molar-refractivity contribution in [3.63, 3.8) is 0 Å². The quantitative estimate of drug-likeness (QED) is 0.472. The van der Waals surface area contributed by atoms with Gasteiger partial charge in [0.1, 0.15) is 5.78 Å². The lowest BCUT2D eigenvalue weighted by atomic mass is 9.91. The Hall–Kier alpha value is -0.330. The third kappa shape index (κ3) is 1.83. The van der Waals surface area contributed by atoms with Gasteiger partial charge in [-0.15, -0.1) is 0 Å². The SMILES string of the molecule is C[C@@H]1CCCC(=O)C[C@H]1C. The van der Waals surface area contributed by atoms with E-state index in [1.54, 1.807) is 0 Å². The highest BCUT2D eigenvalue weighted by Gasteiger charge is 2.19. The van der Waals surface area contributed by atoms with Gasteiger partial charge in [-0.1, -0.05) is 20.3 Å². The lowest BCUT2D eigenvalue weighted by molar-refractivity contribution is -0.119. The molecule has 1 aliphatic rings. The zero-order valence-corrected chi connectivity index (χ0v) is 6.89. The molecule has 1 fully saturated rings. The minimum Gasteiger partial charge on any atom is -0.300 e. The summed E-state index contributed by atoms with van der Waals surface area (Å²) in [6.07, 6.45) is 4.01. The Morgan fingerprint density at radius 2 is 2.00 bits per heavy atom. The van der Waals surface area contributed by atoms with Gasteiger partial charge in [-0.3, -0.25) is 4.79 Å². The van der Waals surface area contributed by atoms with Gasteiger partial charge in [0, 0.05) is 12.8 Å². The monoisotopic (exact) mass is 140 g/mol. The highest BCUT2D eigenvalue weighted by Crippen LogP contribution is 2.25. The van der Waals surface area contributed by atoms with Gasteiger partial charge in [0.25, 0.3) is 0 Å². The van der Waals surface area contributed by atoms with Gasteiger partial charge in [0.05, 0.1) is 0 Å². The number of hydrogen-bond acceptors (Lipinski definition) is 1. The van der Waals surface area contributed by atoms with E-state index in [-0.39, 0.29) is 0 Å². The second-order valence-electron chi connectivity index (χ2n) is 3.59. The fraction of sp³-hybridized carbons (Fsp3) is 0.889. The van der Waals surface area contributed by atoms with Crippen molar-refractivity contribution in [2.75, 3.05) is 0 Å². The van der Waals surface area contributed by atoms with Gasteiger partial charge < -0.3 is 0 Å². The first-order valence-corrected chi connectivity index (χ1v) is 4.22. The van der Waals surface area contributed by atoms with Gasteiger partial charge >= 0.3 is 0 Å². The van der Waals surface area contributed by atoms with Crippen LogP contribution in [0.2, 0.25) is 0 Å². The molecule has 0 aliphatic heterocycles. The van der Waals surface area contributed by atoms with Crippen molar-refractivity contribution in [2.24, 2.45) is 11.8 Å². The molecule has 10 heavy (non-hydrogen) atoms. The van der Waals surface area contributed by atoms with Gasteiger partial charge in [-0.05, 0) is 18.3 Å². The Morgan fingerprint density at radius 1 is 1.30 bits per heavy atom. The van der Waals surface area contributed by atoms with Crippen LogP contribution in [0.25, 0.3) is 0 Å². The zero-order chi connectivity index (χ0) is 7.56. The van der Waals surface area contributed by atoms with Crippen LogP contribution in [0.3, 0.4) is 0 Å². The molecule has 0 N–H and O–H groups in total. The predicted octanol–water partition coefficient (Wildman–Crippen LogP) is 2.40. The summed E-state index contributed by atoms with van der Waals surface area (Å²) in [5.74, 6) is 1.85. The smallest absolute Gasteiger partial charge is 0.133 e. The van der Waals surface area contributed by atoms with E-state index in [1.165, 1.54) is 6.42 Å². The molecule has 0 unspecified atom stereocenters. The van der Waals surface area contributed by atoms with Gasteiger partial charge in [-0.2, -0.15) is 0 Å². The summed E-state index contributed by atoms with van der Waals surface area (Å²) >= 11 is 0. The summed E-state index contributed by atoms with van der Waals surface area (Å²) in [6.45, 7) is 4.44.